The van der Waals surface area contributed by atoms with Crippen LogP contribution in [0.25, 0.3) is 0 Å². The Labute approximate surface area is 114 Å². The minimum atomic E-state index is 0.737. The van der Waals surface area contributed by atoms with Crippen LogP contribution in [0.5, 0.6) is 0 Å². The summed E-state index contributed by atoms with van der Waals surface area (Å²) in [5, 5.41) is 3.93. The van der Waals surface area contributed by atoms with E-state index in [0.29, 0.717) is 0 Å². The van der Waals surface area contributed by atoms with Gasteiger partial charge in [-0.3, -0.25) is 0 Å². The molecule has 0 aromatic rings. The van der Waals surface area contributed by atoms with Gasteiger partial charge < -0.3 is 10.2 Å². The molecule has 1 atom stereocenters. The number of likely N-dealkylation sites (tertiary alicyclic amines) is 1. The Morgan fingerprint density at radius 1 is 1.00 bits per heavy atom. The highest BCUT2D eigenvalue weighted by molar-refractivity contribution is 4.82. The third-order valence-corrected chi connectivity index (χ3v) is 5.14. The van der Waals surface area contributed by atoms with Gasteiger partial charge in [-0.05, 0) is 58.2 Å². The van der Waals surface area contributed by atoms with Gasteiger partial charge >= 0.3 is 0 Å². The summed E-state index contributed by atoms with van der Waals surface area (Å²) in [6.07, 6.45) is 11.5. The third-order valence-electron chi connectivity index (χ3n) is 5.14. The van der Waals surface area contributed by atoms with E-state index in [0.717, 1.165) is 18.0 Å². The summed E-state index contributed by atoms with van der Waals surface area (Å²) in [7, 11) is 0. The normalized spacial score (nSPS) is 27.0. The van der Waals surface area contributed by atoms with Crippen LogP contribution >= 0.6 is 0 Å². The van der Waals surface area contributed by atoms with Crippen LogP contribution in [0.4, 0.5) is 0 Å². The predicted octanol–water partition coefficient (Wildman–Crippen LogP) is 3.42. The molecule has 1 saturated carbocycles. The number of piperidine rings is 1. The zero-order valence-electron chi connectivity index (χ0n) is 12.5. The molecule has 0 unspecified atom stereocenters. The maximum atomic E-state index is 3.93. The molecule has 1 N–H and O–H groups in total. The molecule has 0 radical (unpaired) electrons. The lowest BCUT2D eigenvalue weighted by atomic mass is 9.91. The summed E-state index contributed by atoms with van der Waals surface area (Å²) >= 11 is 0. The molecule has 2 aliphatic rings. The second kappa shape index (κ2) is 7.49. The van der Waals surface area contributed by atoms with Gasteiger partial charge in [-0.1, -0.05) is 32.6 Å². The summed E-state index contributed by atoms with van der Waals surface area (Å²) in [5.74, 6) is 0.941. The number of rotatable bonds is 4. The van der Waals surface area contributed by atoms with Gasteiger partial charge in [0.1, 0.15) is 0 Å². The monoisotopic (exact) mass is 252 g/mol. The van der Waals surface area contributed by atoms with Crippen LogP contribution in [0.1, 0.15) is 65.2 Å². The predicted molar refractivity (Wildman–Crippen MR) is 78.9 cm³/mol. The highest BCUT2D eigenvalue weighted by atomic mass is 15.1. The Morgan fingerprint density at radius 3 is 2.17 bits per heavy atom. The molecule has 106 valence electrons. The van der Waals surface area contributed by atoms with Crippen LogP contribution in [0.15, 0.2) is 0 Å². The number of nitrogens with one attached hydrogen (secondary N) is 1. The van der Waals surface area contributed by atoms with E-state index in [2.05, 4.69) is 24.1 Å². The molecule has 2 nitrogen and oxygen atoms in total. The molecule has 0 aromatic carbocycles. The first-order valence-electron chi connectivity index (χ1n) is 8.28. The van der Waals surface area contributed by atoms with Gasteiger partial charge in [0.15, 0.2) is 0 Å². The first-order valence-corrected chi connectivity index (χ1v) is 8.28. The van der Waals surface area contributed by atoms with Crippen LogP contribution < -0.4 is 5.32 Å². The quantitative estimate of drug-likeness (QED) is 0.771. The van der Waals surface area contributed by atoms with Gasteiger partial charge in [0, 0.05) is 12.1 Å². The van der Waals surface area contributed by atoms with Crippen LogP contribution in [-0.4, -0.2) is 36.6 Å². The van der Waals surface area contributed by atoms with E-state index in [1.165, 1.54) is 71.0 Å². The number of nitrogens with zero attached hydrogens (tertiary/aromatic N) is 1. The van der Waals surface area contributed by atoms with Crippen LogP contribution in [0, 0.1) is 5.92 Å². The smallest absolute Gasteiger partial charge is 0.00940 e. The van der Waals surface area contributed by atoms with Gasteiger partial charge in [0.05, 0.1) is 0 Å². The molecule has 18 heavy (non-hydrogen) atoms. The van der Waals surface area contributed by atoms with Gasteiger partial charge in [0.2, 0.25) is 0 Å². The fourth-order valence-electron chi connectivity index (χ4n) is 3.73. The zero-order chi connectivity index (χ0) is 12.8. The van der Waals surface area contributed by atoms with Gasteiger partial charge in [0.25, 0.3) is 0 Å². The Balaban J connectivity index is 1.71. The second-order valence-corrected chi connectivity index (χ2v) is 6.42. The molecule has 0 bridgehead atoms. The largest absolute Gasteiger partial charge is 0.311 e. The van der Waals surface area contributed by atoms with Crippen LogP contribution in [0.3, 0.4) is 0 Å². The highest BCUT2D eigenvalue weighted by Gasteiger charge is 2.23. The van der Waals surface area contributed by atoms with Crippen molar-refractivity contribution in [1.29, 1.82) is 0 Å². The zero-order valence-corrected chi connectivity index (χ0v) is 12.5. The standard InChI is InChI=1S/C16H32N2/c1-3-18-12-10-16(11-13-18)17-14(2)15-8-6-4-5-7-9-15/h14-17H,3-13H2,1-2H3/t14-/m1/s1. The van der Waals surface area contributed by atoms with E-state index >= 15 is 0 Å². The average Bonchev–Trinajstić information content (AvgIpc) is 2.68. The molecule has 0 spiro atoms. The molecule has 2 heteroatoms. The van der Waals surface area contributed by atoms with E-state index < -0.39 is 0 Å². The van der Waals surface area contributed by atoms with Crippen molar-refractivity contribution in [2.75, 3.05) is 19.6 Å². The molecule has 1 aliphatic carbocycles. The SMILES string of the molecule is CCN1CCC(N[C@H](C)C2CCCCCC2)CC1. The Kier molecular flexibility index (Phi) is 5.97. The minimum absolute atomic E-state index is 0.737. The van der Waals surface area contributed by atoms with Crippen molar-refractivity contribution in [3.8, 4) is 0 Å². The lowest BCUT2D eigenvalue weighted by Crippen LogP contribution is -2.47. The molecular weight excluding hydrogens is 220 g/mol. The Morgan fingerprint density at radius 2 is 1.61 bits per heavy atom. The van der Waals surface area contributed by atoms with Crippen molar-refractivity contribution in [3.05, 3.63) is 0 Å². The van der Waals surface area contributed by atoms with Crippen molar-refractivity contribution in [2.45, 2.75) is 77.3 Å². The maximum Gasteiger partial charge on any atom is 0.00940 e. The van der Waals surface area contributed by atoms with E-state index in [1.54, 1.807) is 0 Å². The average molecular weight is 252 g/mol. The summed E-state index contributed by atoms with van der Waals surface area (Å²) in [6.45, 7) is 8.53. The van der Waals surface area contributed by atoms with Crippen LogP contribution in [0.2, 0.25) is 0 Å². The van der Waals surface area contributed by atoms with Gasteiger partial charge in [-0.15, -0.1) is 0 Å². The van der Waals surface area contributed by atoms with E-state index in [4.69, 9.17) is 0 Å². The number of hydrogen-bond acceptors (Lipinski definition) is 2. The summed E-state index contributed by atoms with van der Waals surface area (Å²) in [5.41, 5.74) is 0. The molecule has 2 rings (SSSR count). The van der Waals surface area contributed by atoms with Crippen molar-refractivity contribution in [3.63, 3.8) is 0 Å². The van der Waals surface area contributed by atoms with Crippen molar-refractivity contribution < 1.29 is 0 Å². The first kappa shape index (κ1) is 14.3. The van der Waals surface area contributed by atoms with E-state index in [1.807, 2.05) is 0 Å². The molecule has 1 saturated heterocycles. The summed E-state index contributed by atoms with van der Waals surface area (Å²) < 4.78 is 0. The molecule has 0 aromatic heterocycles. The summed E-state index contributed by atoms with van der Waals surface area (Å²) in [4.78, 5) is 2.58. The molecule has 1 aliphatic heterocycles. The third kappa shape index (κ3) is 4.24. The molecule has 1 heterocycles. The van der Waals surface area contributed by atoms with E-state index in [9.17, 15) is 0 Å². The minimum Gasteiger partial charge on any atom is -0.311 e. The van der Waals surface area contributed by atoms with E-state index in [-0.39, 0.29) is 0 Å². The van der Waals surface area contributed by atoms with Gasteiger partial charge in [-0.2, -0.15) is 0 Å². The second-order valence-electron chi connectivity index (χ2n) is 6.42. The Hall–Kier alpha value is -0.0800. The molecule has 2 fully saturated rings. The molecule has 0 amide bonds. The first-order chi connectivity index (χ1) is 8.79. The maximum absolute atomic E-state index is 3.93. The van der Waals surface area contributed by atoms with Crippen molar-refractivity contribution in [1.82, 2.24) is 10.2 Å². The molecular formula is C16H32N2. The lowest BCUT2D eigenvalue weighted by molar-refractivity contribution is 0.188. The van der Waals surface area contributed by atoms with Gasteiger partial charge in [-0.25, -0.2) is 0 Å². The van der Waals surface area contributed by atoms with Crippen molar-refractivity contribution in [2.24, 2.45) is 5.92 Å². The lowest BCUT2D eigenvalue weighted by Gasteiger charge is -2.35. The summed E-state index contributed by atoms with van der Waals surface area (Å²) in [6, 6.07) is 1.52. The highest BCUT2D eigenvalue weighted by Crippen LogP contribution is 2.26. The van der Waals surface area contributed by atoms with Crippen molar-refractivity contribution >= 4 is 0 Å². The Bertz CT molecular complexity index is 213. The fourth-order valence-corrected chi connectivity index (χ4v) is 3.73. The fraction of sp³-hybridized carbons (Fsp3) is 1.00. The van der Waals surface area contributed by atoms with Crippen LogP contribution in [-0.2, 0) is 0 Å². The number of hydrogen-bond donors (Lipinski definition) is 1. The topological polar surface area (TPSA) is 15.3 Å².